The minimum atomic E-state index is -4.16. The summed E-state index contributed by atoms with van der Waals surface area (Å²) >= 11 is 0. The highest BCUT2D eigenvalue weighted by atomic mass is 19.4. The molecule has 1 heterocycles. The van der Waals surface area contributed by atoms with E-state index in [0.29, 0.717) is 19.6 Å². The van der Waals surface area contributed by atoms with Crippen LogP contribution in [0.4, 0.5) is 18.0 Å². The molecule has 1 aliphatic heterocycles. The third-order valence-corrected chi connectivity index (χ3v) is 2.59. The second-order valence-electron chi connectivity index (χ2n) is 4.11. The standard InChI is InChI=1S/C10H18F3N3O/c1-2-3-14-9(17)16-6-4-15(5-7-16)8-10(11,12)13/h2-8H2,1H3,(H,14,17). The first-order valence-electron chi connectivity index (χ1n) is 5.74. The summed E-state index contributed by atoms with van der Waals surface area (Å²) in [4.78, 5) is 14.4. The fourth-order valence-electron chi connectivity index (χ4n) is 1.71. The van der Waals surface area contributed by atoms with Gasteiger partial charge in [0.2, 0.25) is 0 Å². The van der Waals surface area contributed by atoms with Crippen molar-refractivity contribution in [2.45, 2.75) is 19.5 Å². The van der Waals surface area contributed by atoms with Crippen LogP contribution >= 0.6 is 0 Å². The van der Waals surface area contributed by atoms with Crippen molar-refractivity contribution in [3.63, 3.8) is 0 Å². The summed E-state index contributed by atoms with van der Waals surface area (Å²) in [6.45, 7) is 2.91. The third-order valence-electron chi connectivity index (χ3n) is 2.59. The molecule has 0 aromatic carbocycles. The Hall–Kier alpha value is -0.980. The van der Waals surface area contributed by atoms with E-state index in [1.54, 1.807) is 4.90 Å². The van der Waals surface area contributed by atoms with Gasteiger partial charge in [0, 0.05) is 32.7 Å². The molecule has 17 heavy (non-hydrogen) atoms. The number of hydrogen-bond acceptors (Lipinski definition) is 2. The van der Waals surface area contributed by atoms with E-state index in [1.165, 1.54) is 4.90 Å². The van der Waals surface area contributed by atoms with E-state index < -0.39 is 12.7 Å². The molecule has 1 N–H and O–H groups in total. The molecule has 0 unspecified atom stereocenters. The average Bonchev–Trinajstić information content (AvgIpc) is 2.24. The van der Waals surface area contributed by atoms with Crippen molar-refractivity contribution in [2.75, 3.05) is 39.3 Å². The number of hydrogen-bond donors (Lipinski definition) is 1. The van der Waals surface area contributed by atoms with Gasteiger partial charge in [-0.05, 0) is 6.42 Å². The maximum Gasteiger partial charge on any atom is 0.401 e. The Morgan fingerprint density at radius 1 is 1.24 bits per heavy atom. The molecule has 0 aromatic rings. The van der Waals surface area contributed by atoms with Crippen LogP contribution in [0.1, 0.15) is 13.3 Å². The second-order valence-corrected chi connectivity index (χ2v) is 4.11. The number of halogens is 3. The normalized spacial score (nSPS) is 18.2. The lowest BCUT2D eigenvalue weighted by Crippen LogP contribution is -2.53. The van der Waals surface area contributed by atoms with E-state index >= 15 is 0 Å². The van der Waals surface area contributed by atoms with Crippen molar-refractivity contribution in [1.29, 1.82) is 0 Å². The molecule has 0 atom stereocenters. The molecule has 1 rings (SSSR count). The second kappa shape index (κ2) is 6.09. The minimum absolute atomic E-state index is 0.182. The highest BCUT2D eigenvalue weighted by Gasteiger charge is 2.32. The predicted octanol–water partition coefficient (Wildman–Crippen LogP) is 1.29. The number of nitrogens with zero attached hydrogens (tertiary/aromatic N) is 2. The molecule has 0 aliphatic carbocycles. The van der Waals surface area contributed by atoms with Gasteiger partial charge < -0.3 is 10.2 Å². The first-order valence-corrected chi connectivity index (χ1v) is 5.74. The van der Waals surface area contributed by atoms with Gasteiger partial charge in [0.25, 0.3) is 0 Å². The molecule has 7 heteroatoms. The Kier molecular flexibility index (Phi) is 5.04. The number of rotatable bonds is 3. The van der Waals surface area contributed by atoms with Crippen molar-refractivity contribution < 1.29 is 18.0 Å². The summed E-state index contributed by atoms with van der Waals surface area (Å²) in [5, 5.41) is 2.71. The highest BCUT2D eigenvalue weighted by molar-refractivity contribution is 5.74. The Morgan fingerprint density at radius 2 is 1.82 bits per heavy atom. The number of amides is 2. The van der Waals surface area contributed by atoms with Gasteiger partial charge in [-0.3, -0.25) is 4.90 Å². The van der Waals surface area contributed by atoms with Gasteiger partial charge >= 0.3 is 12.2 Å². The molecule has 0 radical (unpaired) electrons. The maximum absolute atomic E-state index is 12.1. The summed E-state index contributed by atoms with van der Waals surface area (Å²) in [6, 6.07) is -0.182. The maximum atomic E-state index is 12.1. The zero-order valence-electron chi connectivity index (χ0n) is 9.89. The van der Waals surface area contributed by atoms with Crippen molar-refractivity contribution in [3.8, 4) is 0 Å². The third kappa shape index (κ3) is 5.25. The van der Waals surface area contributed by atoms with E-state index in [4.69, 9.17) is 0 Å². The van der Waals surface area contributed by atoms with E-state index in [1.807, 2.05) is 6.92 Å². The Bertz CT molecular complexity index is 250. The lowest BCUT2D eigenvalue weighted by molar-refractivity contribution is -0.148. The number of carbonyl (C=O) groups excluding carboxylic acids is 1. The molecule has 100 valence electrons. The minimum Gasteiger partial charge on any atom is -0.338 e. The zero-order valence-corrected chi connectivity index (χ0v) is 9.89. The summed E-state index contributed by atoms with van der Waals surface area (Å²) in [5.41, 5.74) is 0. The van der Waals surface area contributed by atoms with Crippen LogP contribution in [0.2, 0.25) is 0 Å². The summed E-state index contributed by atoms with van der Waals surface area (Å²) in [7, 11) is 0. The van der Waals surface area contributed by atoms with E-state index in [9.17, 15) is 18.0 Å². The van der Waals surface area contributed by atoms with Crippen molar-refractivity contribution >= 4 is 6.03 Å². The van der Waals surface area contributed by atoms with Gasteiger partial charge in [-0.1, -0.05) is 6.92 Å². The van der Waals surface area contributed by atoms with Crippen LogP contribution in [0.3, 0.4) is 0 Å². The number of carbonyl (C=O) groups is 1. The van der Waals surface area contributed by atoms with Crippen LogP contribution in [-0.4, -0.2) is 61.3 Å². The molecular weight excluding hydrogens is 235 g/mol. The lowest BCUT2D eigenvalue weighted by atomic mass is 10.3. The van der Waals surface area contributed by atoms with Gasteiger partial charge in [0.1, 0.15) is 0 Å². The fourth-order valence-corrected chi connectivity index (χ4v) is 1.71. The van der Waals surface area contributed by atoms with E-state index in [0.717, 1.165) is 6.42 Å². The zero-order chi connectivity index (χ0) is 12.9. The number of urea groups is 1. The molecule has 0 saturated carbocycles. The number of alkyl halides is 3. The van der Waals surface area contributed by atoms with Gasteiger partial charge in [0.15, 0.2) is 0 Å². The Labute approximate surface area is 98.7 Å². The van der Waals surface area contributed by atoms with E-state index in [-0.39, 0.29) is 19.1 Å². The molecule has 0 bridgehead atoms. The molecule has 4 nitrogen and oxygen atoms in total. The van der Waals surface area contributed by atoms with Crippen molar-refractivity contribution in [2.24, 2.45) is 0 Å². The van der Waals surface area contributed by atoms with Crippen LogP contribution in [0.15, 0.2) is 0 Å². The first kappa shape index (κ1) is 14.1. The SMILES string of the molecule is CCCNC(=O)N1CCN(CC(F)(F)F)CC1. The van der Waals surface area contributed by atoms with Crippen LogP contribution < -0.4 is 5.32 Å². The molecule has 2 amide bonds. The van der Waals surface area contributed by atoms with Gasteiger partial charge in [0.05, 0.1) is 6.54 Å². The Balaban J connectivity index is 2.28. The summed E-state index contributed by atoms with van der Waals surface area (Å²) in [5.74, 6) is 0. The molecule has 1 aliphatic rings. The molecule has 1 fully saturated rings. The summed E-state index contributed by atoms with van der Waals surface area (Å²) < 4.78 is 36.4. The largest absolute Gasteiger partial charge is 0.401 e. The van der Waals surface area contributed by atoms with Crippen molar-refractivity contribution in [1.82, 2.24) is 15.1 Å². The molecule has 0 spiro atoms. The van der Waals surface area contributed by atoms with Crippen LogP contribution in [-0.2, 0) is 0 Å². The molecule has 0 aromatic heterocycles. The quantitative estimate of drug-likeness (QED) is 0.822. The monoisotopic (exact) mass is 253 g/mol. The van der Waals surface area contributed by atoms with Crippen LogP contribution in [0.25, 0.3) is 0 Å². The fraction of sp³-hybridized carbons (Fsp3) is 0.900. The highest BCUT2D eigenvalue weighted by Crippen LogP contribution is 2.17. The van der Waals surface area contributed by atoms with Gasteiger partial charge in [-0.25, -0.2) is 4.79 Å². The molecular formula is C10H18F3N3O. The van der Waals surface area contributed by atoms with Crippen LogP contribution in [0, 0.1) is 0 Å². The Morgan fingerprint density at radius 3 is 2.29 bits per heavy atom. The van der Waals surface area contributed by atoms with E-state index in [2.05, 4.69) is 5.32 Å². The van der Waals surface area contributed by atoms with Crippen LogP contribution in [0.5, 0.6) is 0 Å². The number of piperazine rings is 1. The summed E-state index contributed by atoms with van der Waals surface area (Å²) in [6.07, 6.45) is -3.31. The van der Waals surface area contributed by atoms with Gasteiger partial charge in [-0.15, -0.1) is 0 Å². The lowest BCUT2D eigenvalue weighted by Gasteiger charge is -2.34. The topological polar surface area (TPSA) is 35.6 Å². The molecule has 1 saturated heterocycles. The average molecular weight is 253 g/mol. The van der Waals surface area contributed by atoms with Crippen molar-refractivity contribution in [3.05, 3.63) is 0 Å². The smallest absolute Gasteiger partial charge is 0.338 e. The first-order chi connectivity index (χ1) is 7.92. The predicted molar refractivity (Wildman–Crippen MR) is 57.8 cm³/mol. The van der Waals surface area contributed by atoms with Gasteiger partial charge in [-0.2, -0.15) is 13.2 Å². The number of nitrogens with one attached hydrogen (secondary N) is 1.